The lowest BCUT2D eigenvalue weighted by atomic mass is 10.1. The summed E-state index contributed by atoms with van der Waals surface area (Å²) in [5, 5.41) is 3.46. The lowest BCUT2D eigenvalue weighted by Crippen LogP contribution is -2.51. The molecule has 1 N–H and O–H groups in total. The Hall–Kier alpha value is -1.22. The zero-order valence-corrected chi connectivity index (χ0v) is 11.0. The second-order valence-electron chi connectivity index (χ2n) is 4.61. The van der Waals surface area contributed by atoms with Crippen molar-refractivity contribution < 1.29 is 4.74 Å². The highest BCUT2D eigenvalue weighted by atomic mass is 16.5. The first-order valence-corrected chi connectivity index (χ1v) is 6.38. The molecular weight excluding hydrogens is 212 g/mol. The molecule has 2 rings (SSSR count). The van der Waals surface area contributed by atoms with Crippen molar-refractivity contribution in [3.05, 3.63) is 23.8 Å². The number of aryl methyl sites for hydroxylation is 1. The number of ether oxygens (including phenoxy) is 1. The maximum absolute atomic E-state index is 5.26. The van der Waals surface area contributed by atoms with Crippen molar-refractivity contribution >= 4 is 5.69 Å². The van der Waals surface area contributed by atoms with Gasteiger partial charge in [-0.2, -0.15) is 0 Å². The molecule has 1 aliphatic rings. The van der Waals surface area contributed by atoms with Gasteiger partial charge in [0.05, 0.1) is 7.11 Å². The fourth-order valence-electron chi connectivity index (χ4n) is 2.52. The van der Waals surface area contributed by atoms with E-state index in [4.69, 9.17) is 4.74 Å². The maximum Gasteiger partial charge on any atom is 0.119 e. The van der Waals surface area contributed by atoms with Crippen molar-refractivity contribution in [2.24, 2.45) is 0 Å². The minimum Gasteiger partial charge on any atom is -0.497 e. The highest BCUT2D eigenvalue weighted by Crippen LogP contribution is 2.27. The molecular formula is C14H22N2O. The maximum atomic E-state index is 5.26. The van der Waals surface area contributed by atoms with E-state index >= 15 is 0 Å². The number of anilines is 1. The minimum absolute atomic E-state index is 0.607. The molecule has 1 fully saturated rings. The van der Waals surface area contributed by atoms with Crippen molar-refractivity contribution in [2.45, 2.75) is 26.3 Å². The zero-order valence-electron chi connectivity index (χ0n) is 11.0. The number of rotatable bonds is 3. The summed E-state index contributed by atoms with van der Waals surface area (Å²) in [6.45, 7) is 7.66. The zero-order chi connectivity index (χ0) is 12.3. The van der Waals surface area contributed by atoms with Crippen LogP contribution in [0.3, 0.4) is 0 Å². The first kappa shape index (κ1) is 12.2. The first-order valence-electron chi connectivity index (χ1n) is 6.38. The summed E-state index contributed by atoms with van der Waals surface area (Å²) < 4.78 is 5.26. The topological polar surface area (TPSA) is 24.5 Å². The molecule has 0 saturated carbocycles. The summed E-state index contributed by atoms with van der Waals surface area (Å²) in [5.74, 6) is 0.939. The highest BCUT2D eigenvalue weighted by molar-refractivity contribution is 5.57. The Morgan fingerprint density at radius 3 is 2.94 bits per heavy atom. The average Bonchev–Trinajstić information content (AvgIpc) is 2.38. The van der Waals surface area contributed by atoms with Gasteiger partial charge in [-0.25, -0.2) is 0 Å². The Bertz CT molecular complexity index is 378. The molecule has 0 amide bonds. The van der Waals surface area contributed by atoms with E-state index in [9.17, 15) is 0 Å². The van der Waals surface area contributed by atoms with E-state index in [0.29, 0.717) is 6.04 Å². The molecule has 1 aliphatic heterocycles. The number of benzene rings is 1. The van der Waals surface area contributed by atoms with Crippen LogP contribution >= 0.6 is 0 Å². The Morgan fingerprint density at radius 2 is 2.29 bits per heavy atom. The van der Waals surface area contributed by atoms with Gasteiger partial charge >= 0.3 is 0 Å². The average molecular weight is 234 g/mol. The van der Waals surface area contributed by atoms with Gasteiger partial charge in [0.15, 0.2) is 0 Å². The molecule has 0 aliphatic carbocycles. The number of nitrogens with zero attached hydrogens (tertiary/aromatic N) is 1. The highest BCUT2D eigenvalue weighted by Gasteiger charge is 2.21. The smallest absolute Gasteiger partial charge is 0.119 e. The van der Waals surface area contributed by atoms with Gasteiger partial charge in [-0.1, -0.05) is 6.92 Å². The predicted molar refractivity (Wildman–Crippen MR) is 72.0 cm³/mol. The molecule has 1 heterocycles. The van der Waals surface area contributed by atoms with Crippen LogP contribution in [0.4, 0.5) is 5.69 Å². The predicted octanol–water partition coefficient (Wildman–Crippen LogP) is 2.19. The largest absolute Gasteiger partial charge is 0.497 e. The fourth-order valence-corrected chi connectivity index (χ4v) is 2.52. The van der Waals surface area contributed by atoms with Gasteiger partial charge in [-0.15, -0.1) is 0 Å². The van der Waals surface area contributed by atoms with Crippen LogP contribution in [0.25, 0.3) is 0 Å². The van der Waals surface area contributed by atoms with E-state index < -0.39 is 0 Å². The molecule has 1 atom stereocenters. The Labute approximate surface area is 104 Å². The van der Waals surface area contributed by atoms with E-state index in [2.05, 4.69) is 42.3 Å². The molecule has 17 heavy (non-hydrogen) atoms. The SMILES string of the molecule is CCC1CNCCN1c1ccc(OC)cc1C. The molecule has 0 bridgehead atoms. The third-order valence-corrected chi connectivity index (χ3v) is 3.53. The molecule has 0 spiro atoms. The lowest BCUT2D eigenvalue weighted by Gasteiger charge is -2.38. The Morgan fingerprint density at radius 1 is 1.47 bits per heavy atom. The monoisotopic (exact) mass is 234 g/mol. The van der Waals surface area contributed by atoms with Crippen molar-refractivity contribution in [1.82, 2.24) is 5.32 Å². The summed E-state index contributed by atoms with van der Waals surface area (Å²) in [7, 11) is 1.72. The van der Waals surface area contributed by atoms with Crippen LogP contribution in [-0.2, 0) is 0 Å². The van der Waals surface area contributed by atoms with Crippen LogP contribution in [0.15, 0.2) is 18.2 Å². The lowest BCUT2D eigenvalue weighted by molar-refractivity contribution is 0.414. The normalized spacial score (nSPS) is 20.4. The van der Waals surface area contributed by atoms with Crippen molar-refractivity contribution in [3.8, 4) is 5.75 Å². The molecule has 0 aromatic heterocycles. The van der Waals surface area contributed by atoms with E-state index in [1.807, 2.05) is 0 Å². The number of hydrogen-bond donors (Lipinski definition) is 1. The molecule has 1 aromatic carbocycles. The van der Waals surface area contributed by atoms with Crippen LogP contribution in [0.5, 0.6) is 5.75 Å². The second-order valence-corrected chi connectivity index (χ2v) is 4.61. The van der Waals surface area contributed by atoms with Crippen LogP contribution in [0.1, 0.15) is 18.9 Å². The Kier molecular flexibility index (Phi) is 3.89. The summed E-state index contributed by atoms with van der Waals surface area (Å²) in [5.41, 5.74) is 2.64. The molecule has 1 saturated heterocycles. The quantitative estimate of drug-likeness (QED) is 0.867. The molecule has 3 nitrogen and oxygen atoms in total. The molecule has 1 aromatic rings. The third-order valence-electron chi connectivity index (χ3n) is 3.53. The van der Waals surface area contributed by atoms with Gasteiger partial charge in [-0.05, 0) is 37.1 Å². The van der Waals surface area contributed by atoms with E-state index in [1.54, 1.807) is 7.11 Å². The van der Waals surface area contributed by atoms with Gasteiger partial charge in [-0.3, -0.25) is 0 Å². The molecule has 0 radical (unpaired) electrons. The van der Waals surface area contributed by atoms with E-state index in [0.717, 1.165) is 25.4 Å². The van der Waals surface area contributed by atoms with Crippen LogP contribution in [0, 0.1) is 6.92 Å². The molecule has 94 valence electrons. The van der Waals surface area contributed by atoms with Crippen molar-refractivity contribution in [2.75, 3.05) is 31.6 Å². The number of piperazine rings is 1. The molecule has 1 unspecified atom stereocenters. The number of hydrogen-bond acceptors (Lipinski definition) is 3. The van der Waals surface area contributed by atoms with Gasteiger partial charge in [0, 0.05) is 31.4 Å². The van der Waals surface area contributed by atoms with Crippen LogP contribution < -0.4 is 15.0 Å². The third kappa shape index (κ3) is 2.55. The van der Waals surface area contributed by atoms with Gasteiger partial charge in [0.25, 0.3) is 0 Å². The summed E-state index contributed by atoms with van der Waals surface area (Å²) >= 11 is 0. The summed E-state index contributed by atoms with van der Waals surface area (Å²) in [6, 6.07) is 6.96. The summed E-state index contributed by atoms with van der Waals surface area (Å²) in [6.07, 6.45) is 1.18. The van der Waals surface area contributed by atoms with Crippen LogP contribution in [-0.4, -0.2) is 32.8 Å². The van der Waals surface area contributed by atoms with E-state index in [-0.39, 0.29) is 0 Å². The number of methoxy groups -OCH3 is 1. The van der Waals surface area contributed by atoms with Crippen molar-refractivity contribution in [3.63, 3.8) is 0 Å². The van der Waals surface area contributed by atoms with Gasteiger partial charge < -0.3 is 15.0 Å². The molecule has 3 heteroatoms. The summed E-state index contributed by atoms with van der Waals surface area (Å²) in [4.78, 5) is 2.52. The van der Waals surface area contributed by atoms with Gasteiger partial charge in [0.1, 0.15) is 5.75 Å². The first-order chi connectivity index (χ1) is 8.26. The second kappa shape index (κ2) is 5.41. The number of nitrogens with one attached hydrogen (secondary N) is 1. The Balaban J connectivity index is 2.25. The van der Waals surface area contributed by atoms with Crippen molar-refractivity contribution in [1.29, 1.82) is 0 Å². The van der Waals surface area contributed by atoms with Crippen LogP contribution in [0.2, 0.25) is 0 Å². The minimum atomic E-state index is 0.607. The fraction of sp³-hybridized carbons (Fsp3) is 0.571. The standard InChI is InChI=1S/C14H22N2O/c1-4-12-10-15-7-8-16(12)14-6-5-13(17-3)9-11(14)2/h5-6,9,12,15H,4,7-8,10H2,1-3H3. The van der Waals surface area contributed by atoms with Gasteiger partial charge in [0.2, 0.25) is 0 Å². The van der Waals surface area contributed by atoms with E-state index in [1.165, 1.54) is 17.7 Å².